The summed E-state index contributed by atoms with van der Waals surface area (Å²) >= 11 is 0. The summed E-state index contributed by atoms with van der Waals surface area (Å²) in [4.78, 5) is 23.4. The zero-order valence-electron chi connectivity index (χ0n) is 9.18. The van der Waals surface area contributed by atoms with Crippen LogP contribution in [-0.4, -0.2) is 28.9 Å². The van der Waals surface area contributed by atoms with Crippen LogP contribution in [0.5, 0.6) is 0 Å². The minimum absolute atomic E-state index is 0.0330. The van der Waals surface area contributed by atoms with Gasteiger partial charge in [-0.05, 0) is 12.5 Å². The summed E-state index contributed by atoms with van der Waals surface area (Å²) < 4.78 is 4.89. The molecule has 0 bridgehead atoms. The molecule has 0 atom stereocenters. The molecule has 1 heterocycles. The van der Waals surface area contributed by atoms with E-state index in [0.29, 0.717) is 13.0 Å². The zero-order chi connectivity index (χ0) is 12.0. The van der Waals surface area contributed by atoms with Gasteiger partial charge < -0.3 is 14.4 Å². The van der Waals surface area contributed by atoms with Crippen LogP contribution in [0, 0.1) is 0 Å². The van der Waals surface area contributed by atoms with Crippen LogP contribution < -0.4 is 0 Å². The van der Waals surface area contributed by atoms with Crippen LogP contribution in [0.4, 0.5) is 0 Å². The van der Waals surface area contributed by atoms with E-state index in [1.54, 1.807) is 30.5 Å². The Hall–Kier alpha value is -1.78. The minimum atomic E-state index is -0.870. The highest BCUT2D eigenvalue weighted by molar-refractivity contribution is 5.76. The maximum absolute atomic E-state index is 11.6. The molecule has 0 unspecified atom stereocenters. The van der Waals surface area contributed by atoms with E-state index in [1.165, 1.54) is 0 Å². The zero-order valence-corrected chi connectivity index (χ0v) is 9.18. The Bertz CT molecular complexity index is 345. The van der Waals surface area contributed by atoms with Crippen molar-refractivity contribution in [2.75, 3.05) is 7.05 Å². The predicted molar refractivity (Wildman–Crippen MR) is 56.7 cm³/mol. The second-order valence-corrected chi connectivity index (χ2v) is 3.63. The van der Waals surface area contributed by atoms with Crippen molar-refractivity contribution in [3.8, 4) is 0 Å². The number of carboxylic acid groups (broad SMARTS) is 1. The van der Waals surface area contributed by atoms with E-state index in [4.69, 9.17) is 9.52 Å². The lowest BCUT2D eigenvalue weighted by molar-refractivity contribution is -0.137. The Balaban J connectivity index is 2.28. The number of carbonyl (C=O) groups excluding carboxylic acids is 1. The fraction of sp³-hybridized carbons (Fsp3) is 0.455. The summed E-state index contributed by atoms with van der Waals surface area (Å²) in [5, 5.41) is 8.44. The standard InChI is InChI=1S/C11H15NO4/c1-12(7-9-5-6-16-8-9)10(13)3-2-4-11(14)15/h5-6,8H,2-4,7H2,1H3,(H,14,15). The van der Waals surface area contributed by atoms with Crippen LogP contribution in [0.1, 0.15) is 24.8 Å². The maximum Gasteiger partial charge on any atom is 0.303 e. The van der Waals surface area contributed by atoms with E-state index in [-0.39, 0.29) is 18.7 Å². The number of hydrogen-bond acceptors (Lipinski definition) is 3. The second-order valence-electron chi connectivity index (χ2n) is 3.63. The normalized spacial score (nSPS) is 10.1. The molecule has 0 aliphatic rings. The van der Waals surface area contributed by atoms with Crippen molar-refractivity contribution >= 4 is 11.9 Å². The average molecular weight is 225 g/mol. The van der Waals surface area contributed by atoms with Crippen LogP contribution in [0.25, 0.3) is 0 Å². The van der Waals surface area contributed by atoms with Crippen molar-refractivity contribution < 1.29 is 19.1 Å². The van der Waals surface area contributed by atoms with Crippen LogP contribution in [0.15, 0.2) is 23.0 Å². The average Bonchev–Trinajstić information content (AvgIpc) is 2.69. The SMILES string of the molecule is CN(Cc1ccoc1)C(=O)CCCC(=O)O. The van der Waals surface area contributed by atoms with E-state index in [9.17, 15) is 9.59 Å². The molecule has 1 rings (SSSR count). The molecule has 0 aromatic carbocycles. The second kappa shape index (κ2) is 5.95. The topological polar surface area (TPSA) is 70.8 Å². The molecule has 88 valence electrons. The smallest absolute Gasteiger partial charge is 0.303 e. The quantitative estimate of drug-likeness (QED) is 0.796. The molecule has 5 nitrogen and oxygen atoms in total. The summed E-state index contributed by atoms with van der Waals surface area (Å²) in [7, 11) is 1.69. The third-order valence-corrected chi connectivity index (χ3v) is 2.21. The Morgan fingerprint density at radius 2 is 2.19 bits per heavy atom. The molecule has 16 heavy (non-hydrogen) atoms. The van der Waals surface area contributed by atoms with Gasteiger partial charge in [0.05, 0.1) is 12.5 Å². The first kappa shape index (κ1) is 12.3. The first-order valence-corrected chi connectivity index (χ1v) is 5.06. The van der Waals surface area contributed by atoms with Crippen molar-refractivity contribution in [2.24, 2.45) is 0 Å². The van der Waals surface area contributed by atoms with Crippen molar-refractivity contribution in [3.05, 3.63) is 24.2 Å². The van der Waals surface area contributed by atoms with Crippen molar-refractivity contribution in [3.63, 3.8) is 0 Å². The van der Waals surface area contributed by atoms with Gasteiger partial charge in [-0.15, -0.1) is 0 Å². The molecule has 1 aromatic rings. The lowest BCUT2D eigenvalue weighted by atomic mass is 10.2. The first-order valence-electron chi connectivity index (χ1n) is 5.06. The molecule has 1 amide bonds. The molecule has 0 spiro atoms. The monoisotopic (exact) mass is 225 g/mol. The molecule has 0 aliphatic heterocycles. The van der Waals surface area contributed by atoms with E-state index in [1.807, 2.05) is 0 Å². The summed E-state index contributed by atoms with van der Waals surface area (Å²) in [6.07, 6.45) is 3.81. The lowest BCUT2D eigenvalue weighted by Gasteiger charge is -2.15. The number of furan rings is 1. The van der Waals surface area contributed by atoms with Crippen molar-refractivity contribution in [2.45, 2.75) is 25.8 Å². The van der Waals surface area contributed by atoms with Gasteiger partial charge in [0.25, 0.3) is 0 Å². The molecule has 0 saturated heterocycles. The van der Waals surface area contributed by atoms with Crippen molar-refractivity contribution in [1.29, 1.82) is 0 Å². The molecule has 1 aromatic heterocycles. The van der Waals surface area contributed by atoms with Gasteiger partial charge in [0.1, 0.15) is 0 Å². The van der Waals surface area contributed by atoms with E-state index < -0.39 is 5.97 Å². The van der Waals surface area contributed by atoms with E-state index >= 15 is 0 Å². The van der Waals surface area contributed by atoms with Gasteiger partial charge >= 0.3 is 5.97 Å². The number of hydrogen-bond donors (Lipinski definition) is 1. The largest absolute Gasteiger partial charge is 0.481 e. The Morgan fingerprint density at radius 3 is 2.75 bits per heavy atom. The highest BCUT2D eigenvalue weighted by atomic mass is 16.4. The number of nitrogens with zero attached hydrogens (tertiary/aromatic N) is 1. The fourth-order valence-electron chi connectivity index (χ4n) is 1.33. The number of carboxylic acids is 1. The molecular formula is C11H15NO4. The molecule has 0 aliphatic carbocycles. The summed E-state index contributed by atoms with van der Waals surface area (Å²) in [5.41, 5.74) is 0.925. The highest BCUT2D eigenvalue weighted by Crippen LogP contribution is 2.06. The molecular weight excluding hydrogens is 210 g/mol. The Labute approximate surface area is 93.7 Å². The van der Waals surface area contributed by atoms with Gasteiger partial charge in [0.15, 0.2) is 0 Å². The third-order valence-electron chi connectivity index (χ3n) is 2.21. The maximum atomic E-state index is 11.6. The molecule has 0 radical (unpaired) electrons. The van der Waals surface area contributed by atoms with Crippen LogP contribution in [0.2, 0.25) is 0 Å². The van der Waals surface area contributed by atoms with Gasteiger partial charge in [-0.3, -0.25) is 9.59 Å². The van der Waals surface area contributed by atoms with Gasteiger partial charge in [0, 0.05) is 32.0 Å². The number of amides is 1. The number of aliphatic carboxylic acids is 1. The minimum Gasteiger partial charge on any atom is -0.481 e. The Morgan fingerprint density at radius 1 is 1.44 bits per heavy atom. The van der Waals surface area contributed by atoms with E-state index in [2.05, 4.69) is 0 Å². The highest BCUT2D eigenvalue weighted by Gasteiger charge is 2.10. The molecule has 0 saturated carbocycles. The van der Waals surface area contributed by atoms with Gasteiger partial charge in [-0.1, -0.05) is 0 Å². The first-order chi connectivity index (χ1) is 7.59. The lowest BCUT2D eigenvalue weighted by Crippen LogP contribution is -2.25. The van der Waals surface area contributed by atoms with Crippen molar-refractivity contribution in [1.82, 2.24) is 4.90 Å². The number of rotatable bonds is 6. The summed E-state index contributed by atoms with van der Waals surface area (Å²) in [6, 6.07) is 1.79. The van der Waals surface area contributed by atoms with Gasteiger partial charge in [0.2, 0.25) is 5.91 Å². The fourth-order valence-corrected chi connectivity index (χ4v) is 1.33. The molecule has 1 N–H and O–H groups in total. The predicted octanol–water partition coefficient (Wildman–Crippen LogP) is 1.49. The van der Waals surface area contributed by atoms with Crippen LogP contribution in [-0.2, 0) is 16.1 Å². The summed E-state index contributed by atoms with van der Waals surface area (Å²) in [5.74, 6) is -0.923. The van der Waals surface area contributed by atoms with Gasteiger partial charge in [-0.25, -0.2) is 0 Å². The summed E-state index contributed by atoms with van der Waals surface area (Å²) in [6.45, 7) is 0.488. The third kappa shape index (κ3) is 4.16. The molecule has 5 heteroatoms. The number of carbonyl (C=O) groups is 2. The Kier molecular flexibility index (Phi) is 4.57. The van der Waals surface area contributed by atoms with E-state index in [0.717, 1.165) is 5.56 Å². The van der Waals surface area contributed by atoms with Gasteiger partial charge in [-0.2, -0.15) is 0 Å². The van der Waals surface area contributed by atoms with Crippen LogP contribution in [0.3, 0.4) is 0 Å². The molecule has 0 fully saturated rings. The van der Waals surface area contributed by atoms with Crippen LogP contribution >= 0.6 is 0 Å².